The topological polar surface area (TPSA) is 98.0 Å². The van der Waals surface area contributed by atoms with Crippen molar-refractivity contribution in [1.82, 2.24) is 15.3 Å². The number of hydrogen-bond donors (Lipinski definition) is 1. The first-order chi connectivity index (χ1) is 12.6. The van der Waals surface area contributed by atoms with Gasteiger partial charge < -0.3 is 5.32 Å². The molecule has 0 fully saturated rings. The molecule has 0 aliphatic carbocycles. The second-order valence-electron chi connectivity index (χ2n) is 5.72. The summed E-state index contributed by atoms with van der Waals surface area (Å²) in [6.45, 7) is 1.83. The summed E-state index contributed by atoms with van der Waals surface area (Å²) in [6, 6.07) is 13.2. The molecule has 0 spiro atoms. The van der Waals surface area contributed by atoms with Crippen LogP contribution in [0.2, 0.25) is 0 Å². The third-order valence-electron chi connectivity index (χ3n) is 4.00. The highest BCUT2D eigenvalue weighted by atomic mass is 16.6. The van der Waals surface area contributed by atoms with Gasteiger partial charge in [0.15, 0.2) is 0 Å². The highest BCUT2D eigenvalue weighted by molar-refractivity contribution is 5.98. The Morgan fingerprint density at radius 1 is 1.04 bits per heavy atom. The fraction of sp³-hybridized carbons (Fsp3) is 0.105. The Kier molecular flexibility index (Phi) is 4.98. The van der Waals surface area contributed by atoms with Crippen molar-refractivity contribution in [3.05, 3.63) is 88.5 Å². The van der Waals surface area contributed by atoms with Gasteiger partial charge in [0.25, 0.3) is 11.6 Å². The van der Waals surface area contributed by atoms with Crippen molar-refractivity contribution in [1.29, 1.82) is 0 Å². The van der Waals surface area contributed by atoms with Crippen molar-refractivity contribution in [2.45, 2.75) is 13.0 Å². The lowest BCUT2D eigenvalue weighted by Gasteiger charge is -2.15. The Morgan fingerprint density at radius 3 is 2.35 bits per heavy atom. The fourth-order valence-electron chi connectivity index (χ4n) is 2.59. The SMILES string of the molecule is CC(NC(=O)c1ccccc1[N+](=O)[O-])c1ccc(-c2cncnc2)cc1. The molecule has 0 bridgehead atoms. The zero-order valence-electron chi connectivity index (χ0n) is 14.0. The largest absolute Gasteiger partial charge is 0.345 e. The molecular weight excluding hydrogens is 332 g/mol. The Morgan fingerprint density at radius 2 is 1.69 bits per heavy atom. The quantitative estimate of drug-likeness (QED) is 0.562. The van der Waals surface area contributed by atoms with E-state index < -0.39 is 10.8 Å². The lowest BCUT2D eigenvalue weighted by Crippen LogP contribution is -2.27. The van der Waals surface area contributed by atoms with Crippen LogP contribution in [0.3, 0.4) is 0 Å². The van der Waals surface area contributed by atoms with E-state index in [4.69, 9.17) is 0 Å². The zero-order chi connectivity index (χ0) is 18.5. The summed E-state index contributed by atoms with van der Waals surface area (Å²) in [4.78, 5) is 30.9. The molecule has 3 aromatic rings. The van der Waals surface area contributed by atoms with Crippen LogP contribution in [0.1, 0.15) is 28.9 Å². The molecule has 2 aromatic carbocycles. The Labute approximate surface area is 149 Å². The minimum Gasteiger partial charge on any atom is -0.345 e. The molecule has 1 atom stereocenters. The molecule has 26 heavy (non-hydrogen) atoms. The lowest BCUT2D eigenvalue weighted by molar-refractivity contribution is -0.385. The van der Waals surface area contributed by atoms with E-state index in [1.807, 2.05) is 31.2 Å². The highest BCUT2D eigenvalue weighted by Crippen LogP contribution is 2.22. The van der Waals surface area contributed by atoms with Crippen LogP contribution >= 0.6 is 0 Å². The normalized spacial score (nSPS) is 11.6. The maximum Gasteiger partial charge on any atom is 0.282 e. The fourth-order valence-corrected chi connectivity index (χ4v) is 2.59. The Balaban J connectivity index is 1.75. The number of nitrogens with zero attached hydrogens (tertiary/aromatic N) is 3. The average Bonchev–Trinajstić information content (AvgIpc) is 2.68. The standard InChI is InChI=1S/C19H16N4O3/c1-13(22-19(24)17-4-2-3-5-18(17)23(25)26)14-6-8-15(9-7-14)16-10-20-12-21-11-16/h2-13H,1H3,(H,22,24). The number of aromatic nitrogens is 2. The van der Waals surface area contributed by atoms with Gasteiger partial charge in [0, 0.05) is 24.0 Å². The Bertz CT molecular complexity index is 927. The molecule has 7 heteroatoms. The van der Waals surface area contributed by atoms with E-state index >= 15 is 0 Å². The summed E-state index contributed by atoms with van der Waals surface area (Å²) in [5.41, 5.74) is 2.58. The summed E-state index contributed by atoms with van der Waals surface area (Å²) in [5, 5.41) is 13.9. The number of rotatable bonds is 5. The molecule has 0 radical (unpaired) electrons. The van der Waals surface area contributed by atoms with Crippen molar-refractivity contribution in [3.8, 4) is 11.1 Å². The van der Waals surface area contributed by atoms with Crippen LogP contribution in [-0.4, -0.2) is 20.8 Å². The predicted octanol–water partition coefficient (Wildman–Crippen LogP) is 3.54. The number of hydrogen-bond acceptors (Lipinski definition) is 5. The number of carbonyl (C=O) groups excluding carboxylic acids is 1. The molecule has 0 aliphatic heterocycles. The van der Waals surface area contributed by atoms with Gasteiger partial charge in [-0.3, -0.25) is 14.9 Å². The van der Waals surface area contributed by atoms with Gasteiger partial charge in [0.05, 0.1) is 11.0 Å². The molecule has 0 saturated carbocycles. The maximum atomic E-state index is 12.4. The van der Waals surface area contributed by atoms with E-state index in [-0.39, 0.29) is 17.3 Å². The van der Waals surface area contributed by atoms with E-state index in [1.165, 1.54) is 24.5 Å². The van der Waals surface area contributed by atoms with Crippen LogP contribution in [0, 0.1) is 10.1 Å². The molecule has 7 nitrogen and oxygen atoms in total. The first kappa shape index (κ1) is 17.2. The first-order valence-corrected chi connectivity index (χ1v) is 7.96. The van der Waals surface area contributed by atoms with Gasteiger partial charge in [0.1, 0.15) is 11.9 Å². The van der Waals surface area contributed by atoms with Gasteiger partial charge in [-0.15, -0.1) is 0 Å². The number of benzene rings is 2. The van der Waals surface area contributed by atoms with Gasteiger partial charge in [0.2, 0.25) is 0 Å². The summed E-state index contributed by atoms with van der Waals surface area (Å²) in [5.74, 6) is -0.481. The molecule has 1 aromatic heterocycles. The molecule has 1 unspecified atom stereocenters. The maximum absolute atomic E-state index is 12.4. The van der Waals surface area contributed by atoms with Crippen molar-refractivity contribution in [3.63, 3.8) is 0 Å². The Hall–Kier alpha value is -3.61. The predicted molar refractivity (Wildman–Crippen MR) is 96.4 cm³/mol. The molecule has 1 heterocycles. The minimum absolute atomic E-state index is 0.0439. The van der Waals surface area contributed by atoms with Gasteiger partial charge in [-0.1, -0.05) is 36.4 Å². The number of para-hydroxylation sites is 1. The third-order valence-corrected chi connectivity index (χ3v) is 4.00. The molecule has 1 amide bonds. The molecule has 130 valence electrons. The third kappa shape index (κ3) is 3.72. The van der Waals surface area contributed by atoms with Crippen LogP contribution < -0.4 is 5.32 Å². The van der Waals surface area contributed by atoms with Gasteiger partial charge >= 0.3 is 0 Å². The first-order valence-electron chi connectivity index (χ1n) is 7.96. The van der Waals surface area contributed by atoms with Crippen molar-refractivity contribution in [2.24, 2.45) is 0 Å². The van der Waals surface area contributed by atoms with Gasteiger partial charge in [-0.2, -0.15) is 0 Å². The van der Waals surface area contributed by atoms with Crippen LogP contribution in [0.15, 0.2) is 67.3 Å². The van der Waals surface area contributed by atoms with Crippen LogP contribution in [0.4, 0.5) is 5.69 Å². The summed E-state index contributed by atoms with van der Waals surface area (Å²) >= 11 is 0. The second-order valence-corrected chi connectivity index (χ2v) is 5.72. The van der Waals surface area contributed by atoms with Gasteiger partial charge in [-0.25, -0.2) is 9.97 Å². The van der Waals surface area contributed by atoms with E-state index in [2.05, 4.69) is 15.3 Å². The van der Waals surface area contributed by atoms with E-state index in [0.717, 1.165) is 16.7 Å². The summed E-state index contributed by atoms with van der Waals surface area (Å²) < 4.78 is 0. The van der Waals surface area contributed by atoms with E-state index in [0.29, 0.717) is 0 Å². The lowest BCUT2D eigenvalue weighted by atomic mass is 10.0. The van der Waals surface area contributed by atoms with Crippen LogP contribution in [0.25, 0.3) is 11.1 Å². The molecular formula is C19H16N4O3. The number of nitro groups is 1. The molecule has 0 saturated heterocycles. The van der Waals surface area contributed by atoms with E-state index in [1.54, 1.807) is 18.5 Å². The van der Waals surface area contributed by atoms with Crippen molar-refractivity contribution in [2.75, 3.05) is 0 Å². The zero-order valence-corrected chi connectivity index (χ0v) is 14.0. The summed E-state index contributed by atoms with van der Waals surface area (Å²) in [6.07, 6.45) is 4.92. The molecule has 0 aliphatic rings. The van der Waals surface area contributed by atoms with Crippen LogP contribution in [-0.2, 0) is 0 Å². The second kappa shape index (κ2) is 7.52. The molecule has 3 rings (SSSR count). The van der Waals surface area contributed by atoms with Crippen molar-refractivity contribution < 1.29 is 9.72 Å². The van der Waals surface area contributed by atoms with Gasteiger partial charge in [-0.05, 0) is 24.1 Å². The highest BCUT2D eigenvalue weighted by Gasteiger charge is 2.20. The van der Waals surface area contributed by atoms with Crippen molar-refractivity contribution >= 4 is 11.6 Å². The number of amides is 1. The monoisotopic (exact) mass is 348 g/mol. The van der Waals surface area contributed by atoms with E-state index in [9.17, 15) is 14.9 Å². The average molecular weight is 348 g/mol. The smallest absolute Gasteiger partial charge is 0.282 e. The molecule has 1 N–H and O–H groups in total. The number of carbonyl (C=O) groups is 1. The minimum atomic E-state index is -0.559. The van der Waals surface area contributed by atoms with Crippen LogP contribution in [0.5, 0.6) is 0 Å². The number of nitrogens with one attached hydrogen (secondary N) is 1. The summed E-state index contributed by atoms with van der Waals surface area (Å²) in [7, 11) is 0. The number of nitro benzene ring substituents is 1.